The van der Waals surface area contributed by atoms with Gasteiger partial charge in [0.05, 0.1) is 29.9 Å². The molecule has 1 heterocycles. The molecular formula is C65H89NO6. The van der Waals surface area contributed by atoms with Gasteiger partial charge < -0.3 is 20.1 Å². The maximum absolute atomic E-state index is 12.6. The van der Waals surface area contributed by atoms with Gasteiger partial charge in [-0.1, -0.05) is 142 Å². The topological polar surface area (TPSA) is 107 Å². The van der Waals surface area contributed by atoms with Crippen LogP contribution >= 0.6 is 0 Å². The Morgan fingerprint density at radius 2 is 0.917 bits per heavy atom. The number of aliphatic hydroxyl groups excluding tert-OH is 2. The van der Waals surface area contributed by atoms with Crippen molar-refractivity contribution >= 4 is 11.8 Å². The number of hydrogen-bond donors (Lipinski definition) is 3. The Hall–Kier alpha value is -5.24. The van der Waals surface area contributed by atoms with Crippen LogP contribution in [0.3, 0.4) is 0 Å². The second kappa shape index (κ2) is 24.7. The molecule has 0 saturated carbocycles. The predicted molar refractivity (Wildman–Crippen MR) is 298 cm³/mol. The number of nitrogens with zero attached hydrogens (tertiary/aromatic N) is 1. The first-order chi connectivity index (χ1) is 34.0. The molecule has 5 aromatic rings. The van der Waals surface area contributed by atoms with Crippen molar-refractivity contribution in [1.82, 2.24) is 4.90 Å². The maximum Gasteiger partial charge on any atom is 0.261 e. The van der Waals surface area contributed by atoms with Gasteiger partial charge >= 0.3 is 0 Å². The number of hydrogen-bond acceptors (Lipinski definition) is 6. The third kappa shape index (κ3) is 13.3. The lowest BCUT2D eigenvalue weighted by Crippen LogP contribution is -2.30. The van der Waals surface area contributed by atoms with Crippen LogP contribution in [0.5, 0.6) is 11.5 Å². The molecule has 72 heavy (non-hydrogen) atoms. The summed E-state index contributed by atoms with van der Waals surface area (Å²) >= 11 is 0. The molecule has 2 unspecified atom stereocenters. The number of aliphatic hydroxyl groups is 2. The number of aromatic hydroxyl groups is 1. The molecule has 2 amide bonds. The minimum absolute atomic E-state index is 0.0489. The quantitative estimate of drug-likeness (QED) is 0.0499. The zero-order valence-electron chi connectivity index (χ0n) is 46.6. The fourth-order valence-electron chi connectivity index (χ4n) is 10.7. The van der Waals surface area contributed by atoms with Gasteiger partial charge in [-0.2, -0.15) is 0 Å². The number of rotatable bonds is 21. The highest BCUT2D eigenvalue weighted by atomic mass is 16.5. The molecule has 1 aliphatic rings. The third-order valence-corrected chi connectivity index (χ3v) is 16.2. The SMILES string of the molecule is CCC(CC)(c1ccc(CCC(O)C(C)(C)C)c(C)c1)c1ccc(OCCCCCN2C(=O)c3ccccc3C2=O)c(C)c1.CCC(CC)(c1ccc(O)c(C)c1)c1ccc(CCC(O)C(C)(C)C)c(C)c1. The maximum atomic E-state index is 12.6. The van der Waals surface area contributed by atoms with Crippen LogP contribution in [0, 0.1) is 38.5 Å². The second-order valence-electron chi connectivity index (χ2n) is 22.9. The van der Waals surface area contributed by atoms with E-state index in [9.17, 15) is 24.9 Å². The summed E-state index contributed by atoms with van der Waals surface area (Å²) in [5.74, 6) is 0.887. The largest absolute Gasteiger partial charge is 0.508 e. The number of ether oxygens (including phenoxy) is 1. The first kappa shape index (κ1) is 57.7. The Labute approximate surface area is 434 Å². The van der Waals surface area contributed by atoms with Crippen molar-refractivity contribution in [2.45, 2.75) is 191 Å². The molecule has 0 radical (unpaired) electrons. The molecular weight excluding hydrogens is 891 g/mol. The van der Waals surface area contributed by atoms with Crippen molar-refractivity contribution in [3.63, 3.8) is 0 Å². The van der Waals surface area contributed by atoms with Crippen LogP contribution in [0.25, 0.3) is 0 Å². The van der Waals surface area contributed by atoms with Crippen LogP contribution in [0.2, 0.25) is 0 Å². The number of aryl methyl sites for hydroxylation is 6. The van der Waals surface area contributed by atoms with Gasteiger partial charge in [-0.15, -0.1) is 0 Å². The number of phenols is 1. The van der Waals surface area contributed by atoms with Crippen LogP contribution in [-0.2, 0) is 23.7 Å². The van der Waals surface area contributed by atoms with Crippen molar-refractivity contribution in [2.75, 3.05) is 13.2 Å². The third-order valence-electron chi connectivity index (χ3n) is 16.2. The zero-order valence-corrected chi connectivity index (χ0v) is 46.6. The van der Waals surface area contributed by atoms with Gasteiger partial charge in [0.2, 0.25) is 0 Å². The van der Waals surface area contributed by atoms with E-state index < -0.39 is 0 Å². The average Bonchev–Trinajstić information content (AvgIpc) is 3.58. The predicted octanol–water partition coefficient (Wildman–Crippen LogP) is 15.0. The first-order valence-electron chi connectivity index (χ1n) is 27.0. The van der Waals surface area contributed by atoms with Crippen LogP contribution in [0.4, 0.5) is 0 Å². The second-order valence-corrected chi connectivity index (χ2v) is 22.9. The van der Waals surface area contributed by atoms with Gasteiger partial charge in [-0.25, -0.2) is 0 Å². The Balaban J connectivity index is 0.000000296. The molecule has 3 N–H and O–H groups in total. The molecule has 0 aliphatic carbocycles. The van der Waals surface area contributed by atoms with Gasteiger partial charge in [0.25, 0.3) is 11.8 Å². The summed E-state index contributed by atoms with van der Waals surface area (Å²) in [6.07, 6.45) is 9.23. The van der Waals surface area contributed by atoms with Gasteiger partial charge in [0, 0.05) is 17.4 Å². The van der Waals surface area contributed by atoms with Gasteiger partial charge in [0.15, 0.2) is 0 Å². The van der Waals surface area contributed by atoms with Crippen molar-refractivity contribution in [3.8, 4) is 11.5 Å². The smallest absolute Gasteiger partial charge is 0.261 e. The lowest BCUT2D eigenvalue weighted by molar-refractivity contribution is 0.0559. The van der Waals surface area contributed by atoms with Crippen LogP contribution in [0.1, 0.15) is 203 Å². The van der Waals surface area contributed by atoms with Crippen molar-refractivity contribution in [1.29, 1.82) is 0 Å². The van der Waals surface area contributed by atoms with E-state index in [1.165, 1.54) is 49.4 Å². The number of phenolic OH excluding ortho intramolecular Hbond substituents is 1. The highest BCUT2D eigenvalue weighted by Crippen LogP contribution is 2.43. The summed E-state index contributed by atoms with van der Waals surface area (Å²) in [7, 11) is 0. The normalized spacial score (nSPS) is 14.0. The zero-order chi connectivity index (χ0) is 53.2. The Bertz CT molecular complexity index is 2570. The van der Waals surface area contributed by atoms with E-state index in [4.69, 9.17) is 4.74 Å². The lowest BCUT2D eigenvalue weighted by atomic mass is 9.69. The van der Waals surface area contributed by atoms with E-state index in [2.05, 4.69) is 157 Å². The summed E-state index contributed by atoms with van der Waals surface area (Å²) in [4.78, 5) is 26.5. The minimum Gasteiger partial charge on any atom is -0.508 e. The number of benzene rings is 5. The highest BCUT2D eigenvalue weighted by molar-refractivity contribution is 6.21. The van der Waals surface area contributed by atoms with Gasteiger partial charge in [-0.3, -0.25) is 14.5 Å². The summed E-state index contributed by atoms with van der Waals surface area (Å²) < 4.78 is 6.18. The molecule has 0 saturated heterocycles. The number of imide groups is 1. The molecule has 0 fully saturated rings. The minimum atomic E-state index is -0.319. The van der Waals surface area contributed by atoms with Gasteiger partial charge in [0.1, 0.15) is 11.5 Å². The lowest BCUT2D eigenvalue weighted by Gasteiger charge is -2.34. The van der Waals surface area contributed by atoms with Crippen molar-refractivity contribution < 1.29 is 29.6 Å². The summed E-state index contributed by atoms with van der Waals surface area (Å²) in [6.45, 7) is 31.1. The summed E-state index contributed by atoms with van der Waals surface area (Å²) in [6, 6.07) is 33.4. The Morgan fingerprint density at radius 3 is 1.31 bits per heavy atom. The number of unbranched alkanes of at least 4 members (excludes halogenated alkanes) is 2. The van der Waals surface area contributed by atoms with E-state index in [1.807, 2.05) is 13.0 Å². The molecule has 5 aromatic carbocycles. The summed E-state index contributed by atoms with van der Waals surface area (Å²) in [5, 5.41) is 30.9. The van der Waals surface area contributed by atoms with E-state index >= 15 is 0 Å². The standard InChI is InChI=1S/C39H51NO4.C26H38O2/c1-8-39(9-2,30-19-17-29(27(3)25-30)18-22-35(41)38(5,6)7)31-20-21-34(28(4)26-31)44-24-14-10-13-23-40-36(42)32-15-11-12-16-33(32)37(40)43;1-8-26(9-2,22-13-14-23(27)19(4)17-22)21-12-10-20(18(3)16-21)11-15-24(28)25(5,6)7/h11-12,15-17,19-21,25-26,35,41H,8-10,13-14,18,22-24H2,1-7H3;10,12-14,16-17,24,27-28H,8-9,11,15H2,1-7H3. The van der Waals surface area contributed by atoms with Crippen molar-refractivity contribution in [3.05, 3.63) is 164 Å². The molecule has 1 aliphatic heterocycles. The Morgan fingerprint density at radius 1 is 0.514 bits per heavy atom. The molecule has 2 atom stereocenters. The monoisotopic (exact) mass is 980 g/mol. The number of carbonyl (C=O) groups is 2. The van der Waals surface area contributed by atoms with Gasteiger partial charge in [-0.05, 0) is 189 Å². The average molecular weight is 980 g/mol. The molecule has 0 aromatic heterocycles. The van der Waals surface area contributed by atoms with Crippen molar-refractivity contribution in [2.24, 2.45) is 10.8 Å². The summed E-state index contributed by atoms with van der Waals surface area (Å²) in [5.41, 5.74) is 13.2. The fourth-order valence-corrected chi connectivity index (χ4v) is 10.7. The molecule has 6 rings (SSSR count). The Kier molecular flexibility index (Phi) is 19.7. The molecule has 7 nitrogen and oxygen atoms in total. The molecule has 0 spiro atoms. The number of amides is 2. The first-order valence-corrected chi connectivity index (χ1v) is 27.0. The van der Waals surface area contributed by atoms with E-state index in [0.717, 1.165) is 87.5 Å². The number of fused-ring (bicyclic) bond motifs is 1. The molecule has 390 valence electrons. The molecule has 0 bridgehead atoms. The van der Waals surface area contributed by atoms with E-state index in [-0.39, 0.29) is 45.7 Å². The number of carbonyl (C=O) groups excluding carboxylic acids is 2. The van der Waals surface area contributed by atoms with E-state index in [1.54, 1.807) is 24.3 Å². The molecule has 7 heteroatoms. The van der Waals surface area contributed by atoms with Crippen LogP contribution < -0.4 is 4.74 Å². The van der Waals surface area contributed by atoms with E-state index in [0.29, 0.717) is 30.0 Å². The fraction of sp³-hybridized carbons (Fsp3) is 0.508. The van der Waals surface area contributed by atoms with Crippen LogP contribution in [-0.4, -0.2) is 57.4 Å². The van der Waals surface area contributed by atoms with Crippen LogP contribution in [0.15, 0.2) is 97.1 Å². The highest BCUT2D eigenvalue weighted by Gasteiger charge is 2.35.